The van der Waals surface area contributed by atoms with Crippen LogP contribution in [0.5, 0.6) is 0 Å². The van der Waals surface area contributed by atoms with Crippen molar-refractivity contribution in [2.24, 2.45) is 0 Å². The Labute approximate surface area is 83.7 Å². The van der Waals surface area contributed by atoms with Crippen LogP contribution in [0.25, 0.3) is 0 Å². The summed E-state index contributed by atoms with van der Waals surface area (Å²) in [4.78, 5) is 0. The molecule has 0 heterocycles. The van der Waals surface area contributed by atoms with E-state index in [9.17, 15) is 0 Å². The molecule has 0 aliphatic heterocycles. The first-order chi connectivity index (χ1) is 5.24. The Hall–Kier alpha value is 0.307. The second kappa shape index (κ2) is 4.36. The molecular weight excluding hydrogens is 315 g/mol. The number of hydrogen-bond donors (Lipinski definition) is 0. The van der Waals surface area contributed by atoms with E-state index in [1.54, 1.807) is 5.19 Å². The minimum absolute atomic E-state index is 0.624. The molecule has 0 bridgehead atoms. The van der Waals surface area contributed by atoms with Gasteiger partial charge in [0.05, 0.1) is 0 Å². The van der Waals surface area contributed by atoms with Crippen LogP contribution in [-0.4, -0.2) is 6.22 Å². The topological polar surface area (TPSA) is 0 Å². The van der Waals surface area contributed by atoms with E-state index in [1.807, 2.05) is 0 Å². The zero-order valence-electron chi connectivity index (χ0n) is 6.96. The third-order valence-corrected chi connectivity index (χ3v) is 6.08. The molecule has 0 radical (unpaired) electrons. The van der Waals surface area contributed by atoms with Crippen LogP contribution in [0.4, 0.5) is 0 Å². The summed E-state index contributed by atoms with van der Waals surface area (Å²) in [6.07, 6.45) is 0.624. The van der Waals surface area contributed by atoms with E-state index in [0.29, 0.717) is 12.1 Å². The number of benzene rings is 1. The summed E-state index contributed by atoms with van der Waals surface area (Å²) in [5.41, 5.74) is 1.46. The first-order valence-electron chi connectivity index (χ1n) is 3.84. The van der Waals surface area contributed by atoms with E-state index < -0.39 is 0 Å². The summed E-state index contributed by atoms with van der Waals surface area (Å²) in [7, 11) is 0. The molecule has 0 aromatic heterocycles. The fraction of sp³-hybridized carbons (Fsp3) is 0.333. The van der Waals surface area contributed by atoms with Gasteiger partial charge in [0.25, 0.3) is 0 Å². The van der Waals surface area contributed by atoms with Crippen LogP contribution in [0, 0.1) is 0 Å². The van der Waals surface area contributed by atoms with E-state index in [0.717, 1.165) is 0 Å². The van der Waals surface area contributed by atoms with Gasteiger partial charge < -0.3 is 0 Å². The van der Waals surface area contributed by atoms with Crippen LogP contribution < -0.4 is 5.19 Å². The fourth-order valence-electron chi connectivity index (χ4n) is 0.977. The second-order valence-corrected chi connectivity index (χ2v) is 7.03. The molecule has 0 fully saturated rings. The molecule has 0 amide bonds. The molecule has 0 aliphatic carbocycles. The molecule has 0 unspecified atom stereocenters. The standard InChI is InChI=1S/C9H12Si.Hf/c1-7(2)8-3-5-9(10)6-4-8;/h3-7,10H,1-2H3;/q;+2. The van der Waals surface area contributed by atoms with Gasteiger partial charge >= 0.3 is 84.0 Å². The second-order valence-electron chi connectivity index (χ2n) is 2.97. The molecule has 11 heavy (non-hydrogen) atoms. The van der Waals surface area contributed by atoms with Gasteiger partial charge in [0, 0.05) is 0 Å². The average Bonchev–Trinajstić information content (AvgIpc) is 2.05. The van der Waals surface area contributed by atoms with Crippen molar-refractivity contribution >= 4 is 11.4 Å². The predicted octanol–water partition coefficient (Wildman–Crippen LogP) is 1.33. The number of rotatable bonds is 2. The van der Waals surface area contributed by atoms with Gasteiger partial charge in [0.15, 0.2) is 0 Å². The zero-order valence-corrected chi connectivity index (χ0v) is 11.7. The summed E-state index contributed by atoms with van der Waals surface area (Å²) in [6, 6.07) is 9.12. The monoisotopic (exact) mass is 328 g/mol. The van der Waals surface area contributed by atoms with Gasteiger partial charge in [-0.3, -0.25) is 0 Å². The van der Waals surface area contributed by atoms with Gasteiger partial charge in [0.2, 0.25) is 0 Å². The van der Waals surface area contributed by atoms with Crippen molar-refractivity contribution in [3.63, 3.8) is 0 Å². The Morgan fingerprint density at radius 1 is 1.18 bits per heavy atom. The van der Waals surface area contributed by atoms with Gasteiger partial charge in [-0.15, -0.1) is 0 Å². The van der Waals surface area contributed by atoms with E-state index in [2.05, 4.69) is 38.1 Å². The summed E-state index contributed by atoms with van der Waals surface area (Å²) < 4.78 is 0. The van der Waals surface area contributed by atoms with Crippen molar-refractivity contribution in [2.75, 3.05) is 0 Å². The van der Waals surface area contributed by atoms with Crippen LogP contribution in [-0.2, 0) is 23.0 Å². The van der Waals surface area contributed by atoms with Gasteiger partial charge in [-0.2, -0.15) is 0 Å². The molecule has 0 nitrogen and oxygen atoms in total. The Bertz CT molecular complexity index is 238. The van der Waals surface area contributed by atoms with Crippen molar-refractivity contribution in [3.05, 3.63) is 29.8 Å². The van der Waals surface area contributed by atoms with Gasteiger partial charge in [-0.1, -0.05) is 0 Å². The van der Waals surface area contributed by atoms with E-state index in [1.165, 1.54) is 28.6 Å². The zero-order chi connectivity index (χ0) is 8.27. The molecule has 0 N–H and O–H groups in total. The molecule has 1 aromatic carbocycles. The molecular formula is C9H12HfSi+2. The summed E-state index contributed by atoms with van der Waals surface area (Å²) in [5, 5.41) is 1.57. The van der Waals surface area contributed by atoms with Crippen molar-refractivity contribution in [1.82, 2.24) is 0 Å². The van der Waals surface area contributed by atoms with Crippen molar-refractivity contribution in [3.8, 4) is 0 Å². The van der Waals surface area contributed by atoms with E-state index >= 15 is 0 Å². The summed E-state index contributed by atoms with van der Waals surface area (Å²) in [5.74, 6) is 0.674. The maximum absolute atomic E-state index is 2.29. The Kier molecular flexibility index (Phi) is 3.73. The van der Waals surface area contributed by atoms with E-state index in [-0.39, 0.29) is 0 Å². The van der Waals surface area contributed by atoms with Gasteiger partial charge in [-0.05, 0) is 0 Å². The molecule has 2 heteroatoms. The minimum atomic E-state index is 0.624. The quantitative estimate of drug-likeness (QED) is 0.720. The van der Waals surface area contributed by atoms with E-state index in [4.69, 9.17) is 0 Å². The molecule has 0 atom stereocenters. The predicted molar refractivity (Wildman–Crippen MR) is 47.3 cm³/mol. The van der Waals surface area contributed by atoms with Crippen molar-refractivity contribution < 1.29 is 23.0 Å². The third kappa shape index (κ3) is 2.67. The Morgan fingerprint density at radius 2 is 1.73 bits per heavy atom. The molecule has 0 saturated carbocycles. The third-order valence-electron chi connectivity index (χ3n) is 1.77. The molecule has 54 valence electrons. The first-order valence-corrected chi connectivity index (χ1v) is 11.2. The SMILES string of the molecule is CC(C)c1ccc([SiH]=[Hf+2])cc1. The molecule has 1 rings (SSSR count). The average molecular weight is 327 g/mol. The molecule has 1 aromatic rings. The Balaban J connectivity index is 2.91. The van der Waals surface area contributed by atoms with Crippen LogP contribution in [0.3, 0.4) is 0 Å². The van der Waals surface area contributed by atoms with Crippen LogP contribution >= 0.6 is 0 Å². The first kappa shape index (κ1) is 9.40. The van der Waals surface area contributed by atoms with Crippen LogP contribution in [0.2, 0.25) is 0 Å². The van der Waals surface area contributed by atoms with Gasteiger partial charge in [0.1, 0.15) is 0 Å². The van der Waals surface area contributed by atoms with Crippen molar-refractivity contribution in [1.29, 1.82) is 0 Å². The Morgan fingerprint density at radius 3 is 2.09 bits per heavy atom. The number of hydrogen-bond acceptors (Lipinski definition) is 0. The maximum atomic E-state index is 2.29. The molecule has 0 spiro atoms. The fourth-order valence-corrected chi connectivity index (χ4v) is 3.44. The molecule has 0 aliphatic rings. The van der Waals surface area contributed by atoms with Crippen LogP contribution in [0.15, 0.2) is 24.3 Å². The normalized spacial score (nSPS) is 10.3. The molecule has 0 saturated heterocycles. The summed E-state index contributed by atoms with van der Waals surface area (Å²) >= 11 is 1.35. The van der Waals surface area contributed by atoms with Gasteiger partial charge in [-0.25, -0.2) is 0 Å². The van der Waals surface area contributed by atoms with Crippen LogP contribution in [0.1, 0.15) is 25.3 Å². The van der Waals surface area contributed by atoms with Crippen molar-refractivity contribution in [2.45, 2.75) is 19.8 Å². The summed E-state index contributed by atoms with van der Waals surface area (Å²) in [6.45, 7) is 4.48.